The minimum absolute atomic E-state index is 0.0571. The van der Waals surface area contributed by atoms with Gasteiger partial charge in [0.2, 0.25) is 5.91 Å². The molecule has 1 saturated heterocycles. The Hall–Kier alpha value is -1.60. The summed E-state index contributed by atoms with van der Waals surface area (Å²) in [6, 6.07) is 5.02. The molecule has 21 heavy (non-hydrogen) atoms. The van der Waals surface area contributed by atoms with Crippen molar-refractivity contribution in [3.05, 3.63) is 33.9 Å². The highest BCUT2D eigenvalue weighted by Crippen LogP contribution is 2.24. The van der Waals surface area contributed by atoms with Gasteiger partial charge in [-0.15, -0.1) is 0 Å². The van der Waals surface area contributed by atoms with E-state index in [1.807, 2.05) is 18.7 Å². The summed E-state index contributed by atoms with van der Waals surface area (Å²) in [6.45, 7) is 2.78. The highest BCUT2D eigenvalue weighted by Gasteiger charge is 2.18. The van der Waals surface area contributed by atoms with Crippen molar-refractivity contribution in [3.8, 4) is 0 Å². The van der Waals surface area contributed by atoms with E-state index < -0.39 is 4.92 Å². The number of carbonyl (C=O) groups is 1. The first-order valence-electron chi connectivity index (χ1n) is 6.98. The molecule has 7 heteroatoms. The molecule has 0 saturated carbocycles. The number of rotatable bonds is 5. The Balaban J connectivity index is 2.00. The van der Waals surface area contributed by atoms with Gasteiger partial charge >= 0.3 is 0 Å². The van der Waals surface area contributed by atoms with Crippen molar-refractivity contribution in [1.29, 1.82) is 0 Å². The Labute approximate surface area is 127 Å². The number of nitro groups is 1. The molecule has 2 rings (SSSR count). The van der Waals surface area contributed by atoms with Crippen LogP contribution in [0.4, 0.5) is 11.4 Å². The van der Waals surface area contributed by atoms with Gasteiger partial charge in [0.15, 0.2) is 0 Å². The third-order valence-electron chi connectivity index (χ3n) is 3.38. The van der Waals surface area contributed by atoms with Crippen molar-refractivity contribution in [2.75, 3.05) is 23.4 Å². The molecule has 1 heterocycles. The van der Waals surface area contributed by atoms with Crippen molar-refractivity contribution >= 4 is 29.0 Å². The fourth-order valence-electron chi connectivity index (χ4n) is 2.30. The molecule has 6 nitrogen and oxygen atoms in total. The monoisotopic (exact) mass is 309 g/mol. The number of carbonyl (C=O) groups excluding carboxylic acids is 1. The van der Waals surface area contributed by atoms with Crippen LogP contribution in [0.15, 0.2) is 18.2 Å². The molecular weight excluding hydrogens is 290 g/mol. The molecule has 0 radical (unpaired) electrons. The van der Waals surface area contributed by atoms with Crippen LogP contribution < -0.4 is 10.6 Å². The highest BCUT2D eigenvalue weighted by atomic mass is 32.2. The van der Waals surface area contributed by atoms with Gasteiger partial charge in [-0.3, -0.25) is 14.9 Å². The number of benzene rings is 1. The second-order valence-corrected chi connectivity index (χ2v) is 6.08. The summed E-state index contributed by atoms with van der Waals surface area (Å²) in [5, 5.41) is 17.1. The maximum atomic E-state index is 12.0. The van der Waals surface area contributed by atoms with Crippen molar-refractivity contribution in [2.45, 2.75) is 25.8 Å². The number of thioether (sulfide) groups is 1. The van der Waals surface area contributed by atoms with E-state index >= 15 is 0 Å². The molecule has 1 amide bonds. The molecule has 1 aromatic carbocycles. The van der Waals surface area contributed by atoms with Gasteiger partial charge in [-0.25, -0.2) is 0 Å². The number of nitrogens with zero attached hydrogens (tertiary/aromatic N) is 1. The van der Waals surface area contributed by atoms with E-state index in [0.717, 1.165) is 18.1 Å². The molecule has 0 aromatic heterocycles. The van der Waals surface area contributed by atoms with Gasteiger partial charge < -0.3 is 10.6 Å². The molecule has 0 spiro atoms. The first-order valence-corrected chi connectivity index (χ1v) is 8.14. The van der Waals surface area contributed by atoms with Gasteiger partial charge in [0.25, 0.3) is 5.69 Å². The predicted octanol–water partition coefficient (Wildman–Crippen LogP) is 2.19. The number of hydrogen-bond acceptors (Lipinski definition) is 5. The van der Waals surface area contributed by atoms with Gasteiger partial charge in [-0.1, -0.05) is 13.0 Å². The summed E-state index contributed by atoms with van der Waals surface area (Å²) >= 11 is 1.83. The first-order chi connectivity index (χ1) is 10.1. The van der Waals surface area contributed by atoms with Crippen molar-refractivity contribution in [1.82, 2.24) is 5.32 Å². The molecule has 2 N–H and O–H groups in total. The Bertz CT molecular complexity index is 530. The number of anilines is 1. The van der Waals surface area contributed by atoms with Crippen LogP contribution in [0.25, 0.3) is 0 Å². The fraction of sp³-hybridized carbons (Fsp3) is 0.500. The molecule has 0 bridgehead atoms. The number of nitrogens with one attached hydrogen (secondary N) is 2. The standard InChI is InChI=1S/C14H19N3O3S/c1-2-10-3-4-11(7-13(10)17(19)20)16-14(18)8-12-9-21-6-5-15-12/h3-4,7,12,15H,2,5-6,8-9H2,1H3,(H,16,18). The maximum absolute atomic E-state index is 12.0. The van der Waals surface area contributed by atoms with E-state index in [0.29, 0.717) is 24.1 Å². The number of amides is 1. The first kappa shape index (κ1) is 15.8. The van der Waals surface area contributed by atoms with Gasteiger partial charge in [0, 0.05) is 47.8 Å². The summed E-state index contributed by atoms with van der Waals surface area (Å²) < 4.78 is 0. The summed E-state index contributed by atoms with van der Waals surface area (Å²) in [4.78, 5) is 22.6. The highest BCUT2D eigenvalue weighted by molar-refractivity contribution is 7.99. The Morgan fingerprint density at radius 2 is 2.38 bits per heavy atom. The molecule has 1 unspecified atom stereocenters. The largest absolute Gasteiger partial charge is 0.326 e. The lowest BCUT2D eigenvalue weighted by Crippen LogP contribution is -2.39. The minimum Gasteiger partial charge on any atom is -0.326 e. The van der Waals surface area contributed by atoms with E-state index in [-0.39, 0.29) is 17.6 Å². The average Bonchev–Trinajstić information content (AvgIpc) is 2.48. The summed E-state index contributed by atoms with van der Waals surface area (Å²) in [7, 11) is 0. The molecule has 1 atom stereocenters. The second kappa shape index (κ2) is 7.42. The van der Waals surface area contributed by atoms with Crippen molar-refractivity contribution in [2.24, 2.45) is 0 Å². The zero-order chi connectivity index (χ0) is 15.2. The van der Waals surface area contributed by atoms with Gasteiger partial charge in [0.05, 0.1) is 4.92 Å². The smallest absolute Gasteiger partial charge is 0.274 e. The zero-order valence-corrected chi connectivity index (χ0v) is 12.7. The topological polar surface area (TPSA) is 84.3 Å². The van der Waals surface area contributed by atoms with E-state index in [9.17, 15) is 14.9 Å². The van der Waals surface area contributed by atoms with Crippen LogP contribution in [0.3, 0.4) is 0 Å². The predicted molar refractivity (Wildman–Crippen MR) is 84.8 cm³/mol. The second-order valence-electron chi connectivity index (χ2n) is 4.93. The number of nitro benzene ring substituents is 1. The van der Waals surface area contributed by atoms with Crippen LogP contribution in [-0.4, -0.2) is 34.9 Å². The Morgan fingerprint density at radius 3 is 3.00 bits per heavy atom. The molecule has 0 aliphatic carbocycles. The summed E-state index contributed by atoms with van der Waals surface area (Å²) in [5.74, 6) is 1.87. The zero-order valence-electron chi connectivity index (χ0n) is 11.9. The van der Waals surface area contributed by atoms with Crippen LogP contribution in [0, 0.1) is 10.1 Å². The van der Waals surface area contributed by atoms with Gasteiger partial charge in [0.1, 0.15) is 0 Å². The quantitative estimate of drug-likeness (QED) is 0.643. The van der Waals surface area contributed by atoms with E-state index in [1.54, 1.807) is 12.1 Å². The molecule has 1 aliphatic rings. The molecule has 1 fully saturated rings. The average molecular weight is 309 g/mol. The third kappa shape index (κ3) is 4.44. The maximum Gasteiger partial charge on any atom is 0.274 e. The van der Waals surface area contributed by atoms with Gasteiger partial charge in [-0.2, -0.15) is 11.8 Å². The summed E-state index contributed by atoms with van der Waals surface area (Å²) in [6.07, 6.45) is 0.976. The molecule has 114 valence electrons. The lowest BCUT2D eigenvalue weighted by Gasteiger charge is -2.22. The van der Waals surface area contributed by atoms with Crippen LogP contribution in [0.2, 0.25) is 0 Å². The Morgan fingerprint density at radius 1 is 1.57 bits per heavy atom. The molecule has 1 aliphatic heterocycles. The van der Waals surface area contributed by atoms with Gasteiger partial charge in [-0.05, 0) is 12.5 Å². The van der Waals surface area contributed by atoms with Crippen LogP contribution >= 0.6 is 11.8 Å². The Kier molecular flexibility index (Phi) is 5.58. The fourth-order valence-corrected chi connectivity index (χ4v) is 3.25. The minimum atomic E-state index is -0.409. The number of hydrogen-bond donors (Lipinski definition) is 2. The van der Waals surface area contributed by atoms with E-state index in [2.05, 4.69) is 10.6 Å². The van der Waals surface area contributed by atoms with Crippen LogP contribution in [0.5, 0.6) is 0 Å². The van der Waals surface area contributed by atoms with Crippen molar-refractivity contribution < 1.29 is 9.72 Å². The lowest BCUT2D eigenvalue weighted by molar-refractivity contribution is -0.385. The SMILES string of the molecule is CCc1ccc(NC(=O)CC2CSCCN2)cc1[N+](=O)[O-]. The van der Waals surface area contributed by atoms with Crippen molar-refractivity contribution in [3.63, 3.8) is 0 Å². The van der Waals surface area contributed by atoms with E-state index in [1.165, 1.54) is 6.07 Å². The van der Waals surface area contributed by atoms with E-state index in [4.69, 9.17) is 0 Å². The van der Waals surface area contributed by atoms with Crippen LogP contribution in [-0.2, 0) is 11.2 Å². The molecular formula is C14H19N3O3S. The lowest BCUT2D eigenvalue weighted by atomic mass is 10.1. The normalized spacial score (nSPS) is 18.2. The summed E-state index contributed by atoms with van der Waals surface area (Å²) in [5.41, 5.74) is 1.21. The number of aryl methyl sites for hydroxylation is 1. The third-order valence-corrected chi connectivity index (χ3v) is 4.51. The van der Waals surface area contributed by atoms with Crippen LogP contribution in [0.1, 0.15) is 18.9 Å². The molecule has 1 aromatic rings.